The van der Waals surface area contributed by atoms with Gasteiger partial charge >= 0.3 is 0 Å². The van der Waals surface area contributed by atoms with Crippen molar-refractivity contribution in [3.63, 3.8) is 0 Å². The number of fused-ring (bicyclic) bond motifs is 1. The third-order valence-corrected chi connectivity index (χ3v) is 4.63. The third kappa shape index (κ3) is 3.41. The summed E-state index contributed by atoms with van der Waals surface area (Å²) in [5.74, 6) is -0.747. The zero-order chi connectivity index (χ0) is 18.0. The van der Waals surface area contributed by atoms with Gasteiger partial charge in [0.25, 0.3) is 11.8 Å². The second-order valence-electron chi connectivity index (χ2n) is 6.37. The molecule has 2 amide bonds. The second-order valence-corrected chi connectivity index (χ2v) is 6.37. The number of carbonyl (C=O) groups excluding carboxylic acids is 2. The van der Waals surface area contributed by atoms with Crippen molar-refractivity contribution < 1.29 is 14.8 Å². The molecule has 1 unspecified atom stereocenters. The van der Waals surface area contributed by atoms with Gasteiger partial charge < -0.3 is 5.32 Å². The maximum atomic E-state index is 12.8. The molecule has 1 aliphatic rings. The molecular weight excluding hydrogens is 320 g/mol. The molecule has 2 aromatic rings. The Hall–Kier alpha value is -2.67. The number of aromatic nitrogens is 2. The quantitative estimate of drug-likeness (QED) is 0.584. The van der Waals surface area contributed by atoms with Crippen molar-refractivity contribution in [1.29, 1.82) is 0 Å². The van der Waals surface area contributed by atoms with E-state index < -0.39 is 5.91 Å². The van der Waals surface area contributed by atoms with E-state index in [1.165, 1.54) is 0 Å². The van der Waals surface area contributed by atoms with Crippen molar-refractivity contribution in [2.75, 3.05) is 0 Å². The van der Waals surface area contributed by atoms with Gasteiger partial charge in [-0.1, -0.05) is 12.1 Å². The largest absolute Gasteiger partial charge is 0.344 e. The van der Waals surface area contributed by atoms with E-state index in [1.54, 1.807) is 35.4 Å². The van der Waals surface area contributed by atoms with Gasteiger partial charge in [0.15, 0.2) is 0 Å². The van der Waals surface area contributed by atoms with Crippen LogP contribution in [-0.4, -0.2) is 26.8 Å². The summed E-state index contributed by atoms with van der Waals surface area (Å²) in [6.45, 7) is 1.86. The van der Waals surface area contributed by atoms with Crippen molar-refractivity contribution in [3.8, 4) is 0 Å². The number of aryl methyl sites for hydroxylation is 2. The predicted molar refractivity (Wildman–Crippen MR) is 91.4 cm³/mol. The molecule has 1 atom stereocenters. The van der Waals surface area contributed by atoms with Crippen molar-refractivity contribution >= 4 is 11.8 Å². The van der Waals surface area contributed by atoms with E-state index in [1.807, 2.05) is 13.0 Å². The Morgan fingerprint density at radius 1 is 1.24 bits per heavy atom. The minimum atomic E-state index is -0.582. The molecule has 3 N–H and O–H groups in total. The highest BCUT2D eigenvalue weighted by atomic mass is 16.5. The van der Waals surface area contributed by atoms with Crippen LogP contribution in [0, 0.1) is 0 Å². The van der Waals surface area contributed by atoms with E-state index >= 15 is 0 Å². The first-order valence-corrected chi connectivity index (χ1v) is 8.41. The lowest BCUT2D eigenvalue weighted by atomic mass is 9.95. The number of amides is 2. The minimum absolute atomic E-state index is 0.164. The fourth-order valence-corrected chi connectivity index (χ4v) is 3.33. The number of hydrogen-bond acceptors (Lipinski definition) is 4. The summed E-state index contributed by atoms with van der Waals surface area (Å²) in [7, 11) is 1.80. The summed E-state index contributed by atoms with van der Waals surface area (Å²) in [4.78, 5) is 24.3. The summed E-state index contributed by atoms with van der Waals surface area (Å²) in [6.07, 6.45) is 3.99. The van der Waals surface area contributed by atoms with Crippen molar-refractivity contribution in [2.45, 2.75) is 38.6 Å². The van der Waals surface area contributed by atoms with Gasteiger partial charge in [0.1, 0.15) is 5.69 Å². The Bertz CT molecular complexity index is 813. The maximum Gasteiger partial charge on any atom is 0.274 e. The zero-order valence-electron chi connectivity index (χ0n) is 14.4. The van der Waals surface area contributed by atoms with Gasteiger partial charge in [0.2, 0.25) is 0 Å². The summed E-state index contributed by atoms with van der Waals surface area (Å²) >= 11 is 0. The summed E-state index contributed by atoms with van der Waals surface area (Å²) in [6, 6.07) is 6.51. The molecular formula is C18H22N4O3. The first kappa shape index (κ1) is 17.2. The third-order valence-electron chi connectivity index (χ3n) is 4.63. The predicted octanol–water partition coefficient (Wildman–Crippen LogP) is 1.91. The zero-order valence-corrected chi connectivity index (χ0v) is 14.4. The Morgan fingerprint density at radius 2 is 2.00 bits per heavy atom. The van der Waals surface area contributed by atoms with Gasteiger partial charge in [0.05, 0.1) is 11.7 Å². The first-order valence-electron chi connectivity index (χ1n) is 8.41. The number of carbonyl (C=O) groups is 2. The van der Waals surface area contributed by atoms with Crippen LogP contribution in [0.3, 0.4) is 0 Å². The molecule has 0 spiro atoms. The second kappa shape index (κ2) is 7.06. The Balaban J connectivity index is 1.80. The summed E-state index contributed by atoms with van der Waals surface area (Å²) < 4.78 is 1.66. The van der Waals surface area contributed by atoms with Gasteiger partial charge in [-0.15, -0.1) is 0 Å². The molecule has 1 aromatic heterocycles. The number of rotatable bonds is 4. The topological polar surface area (TPSA) is 96.2 Å². The van der Waals surface area contributed by atoms with Crippen LogP contribution in [0.1, 0.15) is 63.5 Å². The van der Waals surface area contributed by atoms with Crippen molar-refractivity contribution in [1.82, 2.24) is 20.6 Å². The molecule has 7 nitrogen and oxygen atoms in total. The van der Waals surface area contributed by atoms with Crippen LogP contribution in [0.15, 0.2) is 24.3 Å². The lowest BCUT2D eigenvalue weighted by Crippen LogP contribution is -2.29. The average molecular weight is 342 g/mol. The van der Waals surface area contributed by atoms with E-state index in [9.17, 15) is 9.59 Å². The molecule has 0 bridgehead atoms. The Kier molecular flexibility index (Phi) is 4.85. The molecule has 132 valence electrons. The Morgan fingerprint density at radius 3 is 2.76 bits per heavy atom. The fourth-order valence-electron chi connectivity index (χ4n) is 3.33. The lowest BCUT2D eigenvalue weighted by molar-refractivity contribution is 0.0706. The molecule has 1 aliphatic carbocycles. The molecule has 0 fully saturated rings. The minimum Gasteiger partial charge on any atom is -0.344 e. The summed E-state index contributed by atoms with van der Waals surface area (Å²) in [5, 5.41) is 16.2. The van der Waals surface area contributed by atoms with Crippen molar-refractivity contribution in [3.05, 3.63) is 52.3 Å². The number of nitrogens with one attached hydrogen (secondary N) is 2. The molecule has 7 heteroatoms. The van der Waals surface area contributed by atoms with Crippen LogP contribution in [-0.2, 0) is 19.9 Å². The summed E-state index contributed by atoms with van der Waals surface area (Å²) in [5.41, 5.74) is 5.42. The Labute approximate surface area is 146 Å². The highest BCUT2D eigenvalue weighted by molar-refractivity contribution is 5.95. The van der Waals surface area contributed by atoms with E-state index in [0.717, 1.165) is 42.5 Å². The normalized spacial score (nSPS) is 14.5. The van der Waals surface area contributed by atoms with Gasteiger partial charge in [0, 0.05) is 18.2 Å². The van der Waals surface area contributed by atoms with Crippen LogP contribution >= 0.6 is 0 Å². The van der Waals surface area contributed by atoms with Crippen LogP contribution in [0.2, 0.25) is 0 Å². The standard InChI is InChI=1S/C18H22N4O3/c1-11(12-6-5-7-13(10-12)17(23)21-25)19-18(24)16-14-8-3-4-9-15(14)20-22(16)2/h5-7,10-11,25H,3-4,8-9H2,1-2H3,(H,19,24)(H,21,23). The molecule has 0 saturated carbocycles. The number of benzene rings is 1. The highest BCUT2D eigenvalue weighted by Gasteiger charge is 2.25. The molecule has 1 aromatic carbocycles. The maximum absolute atomic E-state index is 12.8. The van der Waals surface area contributed by atoms with Crippen LogP contribution in [0.5, 0.6) is 0 Å². The van der Waals surface area contributed by atoms with E-state index in [2.05, 4.69) is 10.4 Å². The molecule has 1 heterocycles. The van der Waals surface area contributed by atoms with E-state index in [-0.39, 0.29) is 11.9 Å². The monoisotopic (exact) mass is 342 g/mol. The van der Waals surface area contributed by atoms with Crippen LogP contribution in [0.4, 0.5) is 0 Å². The first-order chi connectivity index (χ1) is 12.0. The molecule has 0 saturated heterocycles. The molecule has 0 radical (unpaired) electrons. The van der Waals surface area contributed by atoms with Gasteiger partial charge in [-0.25, -0.2) is 5.48 Å². The number of hydrogen-bond donors (Lipinski definition) is 3. The van der Waals surface area contributed by atoms with Crippen molar-refractivity contribution in [2.24, 2.45) is 7.05 Å². The SMILES string of the molecule is CC(NC(=O)c1c2c(nn1C)CCCC2)c1cccc(C(=O)NO)c1. The van der Waals surface area contributed by atoms with Crippen LogP contribution in [0.25, 0.3) is 0 Å². The van der Waals surface area contributed by atoms with Gasteiger partial charge in [-0.2, -0.15) is 5.10 Å². The van der Waals surface area contributed by atoms with Crippen LogP contribution < -0.4 is 10.8 Å². The number of hydroxylamine groups is 1. The van der Waals surface area contributed by atoms with E-state index in [0.29, 0.717) is 11.3 Å². The average Bonchev–Trinajstić information content (AvgIpc) is 2.96. The molecule has 25 heavy (non-hydrogen) atoms. The lowest BCUT2D eigenvalue weighted by Gasteiger charge is -2.17. The van der Waals surface area contributed by atoms with E-state index in [4.69, 9.17) is 5.21 Å². The molecule has 3 rings (SSSR count). The smallest absolute Gasteiger partial charge is 0.274 e. The van der Waals surface area contributed by atoms with Gasteiger partial charge in [-0.3, -0.25) is 19.5 Å². The molecule has 0 aliphatic heterocycles. The highest BCUT2D eigenvalue weighted by Crippen LogP contribution is 2.24. The number of nitrogens with zero attached hydrogens (tertiary/aromatic N) is 2. The fraction of sp³-hybridized carbons (Fsp3) is 0.389. The van der Waals surface area contributed by atoms with Gasteiger partial charge in [-0.05, 0) is 50.3 Å².